The molecular formula is C16H17FN4O2S2. The van der Waals surface area contributed by atoms with E-state index in [9.17, 15) is 14.3 Å². The predicted octanol–water partition coefficient (Wildman–Crippen LogP) is 2.91. The maximum absolute atomic E-state index is 14.1. The van der Waals surface area contributed by atoms with E-state index in [1.54, 1.807) is 26.0 Å². The Kier molecular flexibility index (Phi) is 5.36. The average molecular weight is 380 g/mol. The van der Waals surface area contributed by atoms with Crippen molar-refractivity contribution in [3.63, 3.8) is 0 Å². The van der Waals surface area contributed by atoms with Crippen molar-refractivity contribution in [1.82, 2.24) is 15.0 Å². The summed E-state index contributed by atoms with van der Waals surface area (Å²) in [4.78, 5) is 22.8. The molecule has 132 valence electrons. The number of aliphatic hydroxyl groups is 1. The summed E-state index contributed by atoms with van der Waals surface area (Å²) in [5, 5.41) is 12.7. The second kappa shape index (κ2) is 7.51. The highest BCUT2D eigenvalue weighted by Gasteiger charge is 2.14. The SMILES string of the molecule is Cc1cccc(CSc2nc(NC(C)CO)c3sc(=O)[nH]c3n2)c1F. The maximum Gasteiger partial charge on any atom is 0.306 e. The first-order valence-electron chi connectivity index (χ1n) is 7.63. The summed E-state index contributed by atoms with van der Waals surface area (Å²) in [5.74, 6) is 0.636. The summed E-state index contributed by atoms with van der Waals surface area (Å²) in [5.41, 5.74) is 1.60. The van der Waals surface area contributed by atoms with E-state index < -0.39 is 0 Å². The standard InChI is InChI=1S/C16H17FN4O2S2/c1-8-4-3-5-10(11(8)17)7-24-15-19-13(18-9(2)6-22)12-14(20-15)21-16(23)25-12/h3-5,9,22H,6-7H2,1-2H3,(H2,18,19,20,21,23). The number of H-pyrrole nitrogens is 1. The normalized spacial score (nSPS) is 12.5. The van der Waals surface area contributed by atoms with Gasteiger partial charge in [-0.25, -0.2) is 14.4 Å². The molecule has 9 heteroatoms. The Balaban J connectivity index is 1.90. The van der Waals surface area contributed by atoms with Crippen LogP contribution in [0.3, 0.4) is 0 Å². The fraction of sp³-hybridized carbons (Fsp3) is 0.312. The summed E-state index contributed by atoms with van der Waals surface area (Å²) in [6.07, 6.45) is 0. The molecule has 0 bridgehead atoms. The van der Waals surface area contributed by atoms with E-state index in [-0.39, 0.29) is 23.3 Å². The number of thiazole rings is 1. The van der Waals surface area contributed by atoms with Crippen molar-refractivity contribution in [1.29, 1.82) is 0 Å². The second-order valence-electron chi connectivity index (χ2n) is 5.61. The summed E-state index contributed by atoms with van der Waals surface area (Å²) in [6.45, 7) is 3.46. The number of anilines is 1. The number of halogens is 1. The number of aliphatic hydroxyl groups excluding tert-OH is 1. The zero-order valence-electron chi connectivity index (χ0n) is 13.7. The number of nitrogens with one attached hydrogen (secondary N) is 2. The van der Waals surface area contributed by atoms with Gasteiger partial charge in [0.2, 0.25) is 0 Å². The van der Waals surface area contributed by atoms with E-state index >= 15 is 0 Å². The molecule has 1 aromatic carbocycles. The zero-order valence-corrected chi connectivity index (χ0v) is 15.3. The van der Waals surface area contributed by atoms with Crippen molar-refractivity contribution in [2.75, 3.05) is 11.9 Å². The molecule has 2 aromatic heterocycles. The lowest BCUT2D eigenvalue weighted by Gasteiger charge is -2.12. The van der Waals surface area contributed by atoms with Crippen molar-refractivity contribution in [2.45, 2.75) is 30.8 Å². The molecule has 25 heavy (non-hydrogen) atoms. The van der Waals surface area contributed by atoms with Gasteiger partial charge >= 0.3 is 4.87 Å². The van der Waals surface area contributed by atoms with Crippen molar-refractivity contribution in [3.05, 3.63) is 44.8 Å². The molecule has 0 saturated carbocycles. The summed E-state index contributed by atoms with van der Waals surface area (Å²) in [7, 11) is 0. The third kappa shape index (κ3) is 4.00. The number of hydrogen-bond acceptors (Lipinski definition) is 7. The summed E-state index contributed by atoms with van der Waals surface area (Å²) >= 11 is 2.30. The highest BCUT2D eigenvalue weighted by Crippen LogP contribution is 2.28. The van der Waals surface area contributed by atoms with Crippen molar-refractivity contribution in [3.8, 4) is 0 Å². The van der Waals surface area contributed by atoms with Crippen molar-refractivity contribution >= 4 is 39.3 Å². The van der Waals surface area contributed by atoms with Gasteiger partial charge in [-0.05, 0) is 25.0 Å². The quantitative estimate of drug-likeness (QED) is 0.450. The molecule has 3 rings (SSSR count). The van der Waals surface area contributed by atoms with E-state index in [2.05, 4.69) is 20.3 Å². The topological polar surface area (TPSA) is 90.9 Å². The van der Waals surface area contributed by atoms with Crippen LogP contribution in [0.4, 0.5) is 10.2 Å². The van der Waals surface area contributed by atoms with Gasteiger partial charge in [-0.2, -0.15) is 0 Å². The van der Waals surface area contributed by atoms with E-state index in [1.807, 2.05) is 6.07 Å². The number of thioether (sulfide) groups is 1. The van der Waals surface area contributed by atoms with Gasteiger partial charge < -0.3 is 10.4 Å². The lowest BCUT2D eigenvalue weighted by atomic mass is 10.1. The van der Waals surface area contributed by atoms with E-state index in [0.717, 1.165) is 11.3 Å². The molecule has 1 unspecified atom stereocenters. The number of aromatic nitrogens is 3. The molecule has 0 aliphatic carbocycles. The Bertz CT molecular complexity index is 957. The minimum Gasteiger partial charge on any atom is -0.394 e. The van der Waals surface area contributed by atoms with Gasteiger partial charge in [-0.3, -0.25) is 9.78 Å². The van der Waals surface area contributed by atoms with Gasteiger partial charge in [0.15, 0.2) is 16.6 Å². The smallest absolute Gasteiger partial charge is 0.306 e. The first-order chi connectivity index (χ1) is 12.0. The lowest BCUT2D eigenvalue weighted by Crippen LogP contribution is -2.20. The molecule has 0 radical (unpaired) electrons. The molecule has 3 N–H and O–H groups in total. The molecule has 3 aromatic rings. The van der Waals surface area contributed by atoms with Gasteiger partial charge in [0.05, 0.1) is 6.61 Å². The van der Waals surface area contributed by atoms with Crippen LogP contribution in [-0.4, -0.2) is 32.7 Å². The van der Waals surface area contributed by atoms with Gasteiger partial charge in [-0.1, -0.05) is 41.3 Å². The van der Waals surface area contributed by atoms with Crippen LogP contribution in [0.5, 0.6) is 0 Å². The Morgan fingerprint density at radius 1 is 1.44 bits per heavy atom. The number of aryl methyl sites for hydroxylation is 1. The molecule has 1 atom stereocenters. The van der Waals surface area contributed by atoms with Crippen LogP contribution < -0.4 is 10.2 Å². The molecule has 6 nitrogen and oxygen atoms in total. The molecule has 0 aliphatic rings. The average Bonchev–Trinajstić information content (AvgIpc) is 2.96. The van der Waals surface area contributed by atoms with Crippen LogP contribution in [0, 0.1) is 12.7 Å². The first kappa shape index (κ1) is 17.8. The molecule has 0 saturated heterocycles. The van der Waals surface area contributed by atoms with Crippen LogP contribution in [0.15, 0.2) is 28.2 Å². The molecule has 0 spiro atoms. The third-order valence-corrected chi connectivity index (χ3v) is 5.32. The van der Waals surface area contributed by atoms with Crippen molar-refractivity contribution < 1.29 is 9.50 Å². The predicted molar refractivity (Wildman–Crippen MR) is 98.9 cm³/mol. The first-order valence-corrected chi connectivity index (χ1v) is 9.43. The third-order valence-electron chi connectivity index (χ3n) is 3.55. The minimum atomic E-state index is -0.229. The summed E-state index contributed by atoms with van der Waals surface area (Å²) in [6, 6.07) is 5.04. The van der Waals surface area contributed by atoms with Crippen LogP contribution in [-0.2, 0) is 5.75 Å². The molecular weight excluding hydrogens is 363 g/mol. The Labute approximate surface area is 151 Å². The Hall–Kier alpha value is -1.97. The number of hydrogen-bond donors (Lipinski definition) is 3. The molecule has 0 aliphatic heterocycles. The zero-order chi connectivity index (χ0) is 18.0. The highest BCUT2D eigenvalue weighted by atomic mass is 32.2. The van der Waals surface area contributed by atoms with Crippen LogP contribution in [0.1, 0.15) is 18.1 Å². The second-order valence-corrected chi connectivity index (χ2v) is 7.54. The molecule has 2 heterocycles. The minimum absolute atomic E-state index is 0.0677. The largest absolute Gasteiger partial charge is 0.394 e. The Morgan fingerprint density at radius 3 is 3.00 bits per heavy atom. The molecule has 0 fully saturated rings. The van der Waals surface area contributed by atoms with Gasteiger partial charge in [0.25, 0.3) is 0 Å². The number of aromatic amines is 1. The fourth-order valence-corrected chi connectivity index (χ4v) is 3.78. The highest BCUT2D eigenvalue weighted by molar-refractivity contribution is 7.98. The van der Waals surface area contributed by atoms with Crippen LogP contribution in [0.2, 0.25) is 0 Å². The van der Waals surface area contributed by atoms with Gasteiger partial charge in [0.1, 0.15) is 10.5 Å². The number of benzene rings is 1. The van der Waals surface area contributed by atoms with Gasteiger partial charge in [0, 0.05) is 11.8 Å². The monoisotopic (exact) mass is 380 g/mol. The lowest BCUT2D eigenvalue weighted by molar-refractivity contribution is 0.281. The fourth-order valence-electron chi connectivity index (χ4n) is 2.23. The summed E-state index contributed by atoms with van der Waals surface area (Å²) < 4.78 is 14.7. The van der Waals surface area contributed by atoms with Crippen molar-refractivity contribution in [2.24, 2.45) is 0 Å². The Morgan fingerprint density at radius 2 is 2.24 bits per heavy atom. The number of nitrogens with zero attached hydrogens (tertiary/aromatic N) is 2. The van der Waals surface area contributed by atoms with E-state index in [0.29, 0.717) is 38.2 Å². The number of fused-ring (bicyclic) bond motifs is 1. The van der Waals surface area contributed by atoms with Crippen LogP contribution in [0.25, 0.3) is 10.3 Å². The van der Waals surface area contributed by atoms with Gasteiger partial charge in [-0.15, -0.1) is 0 Å². The van der Waals surface area contributed by atoms with E-state index in [1.165, 1.54) is 11.8 Å². The van der Waals surface area contributed by atoms with E-state index in [4.69, 9.17) is 0 Å². The maximum atomic E-state index is 14.1. The number of rotatable bonds is 6. The molecule has 0 amide bonds. The van der Waals surface area contributed by atoms with Crippen LogP contribution >= 0.6 is 23.1 Å².